The van der Waals surface area contributed by atoms with Crippen LogP contribution in [-0.4, -0.2) is 19.3 Å². The Balaban J connectivity index is 1.65. The summed E-state index contributed by atoms with van der Waals surface area (Å²) >= 11 is 0. The third-order valence-corrected chi connectivity index (χ3v) is 7.86. The van der Waals surface area contributed by atoms with Crippen LogP contribution in [0.5, 0.6) is 0 Å². The first kappa shape index (κ1) is 20.3. The van der Waals surface area contributed by atoms with E-state index in [0.29, 0.717) is 30.0 Å². The van der Waals surface area contributed by atoms with E-state index in [4.69, 9.17) is 5.26 Å². The zero-order valence-corrected chi connectivity index (χ0v) is 18.3. The Morgan fingerprint density at radius 1 is 0.900 bits per heavy atom. The van der Waals surface area contributed by atoms with Gasteiger partial charge in [-0.3, -0.25) is 0 Å². The largest absolute Gasteiger partial charge is 0.243 e. The van der Waals surface area contributed by atoms with Crippen molar-refractivity contribution >= 4 is 10.0 Å². The molecule has 0 unspecified atom stereocenters. The quantitative estimate of drug-likeness (QED) is 0.610. The van der Waals surface area contributed by atoms with Crippen molar-refractivity contribution in [2.24, 2.45) is 0 Å². The van der Waals surface area contributed by atoms with E-state index in [9.17, 15) is 8.42 Å². The van der Waals surface area contributed by atoms with Gasteiger partial charge in [-0.15, -0.1) is 0 Å². The molecular weight excluding hydrogens is 392 g/mol. The lowest BCUT2D eigenvalue weighted by Gasteiger charge is -2.29. The molecule has 1 aliphatic heterocycles. The van der Waals surface area contributed by atoms with Gasteiger partial charge in [0, 0.05) is 13.1 Å². The molecule has 4 nitrogen and oxygen atoms in total. The summed E-state index contributed by atoms with van der Waals surface area (Å²) in [5.41, 5.74) is 7.54. The molecule has 1 aliphatic rings. The normalized spacial score (nSPS) is 14.2. The number of benzene rings is 3. The lowest BCUT2D eigenvalue weighted by molar-refractivity contribution is 0.391. The van der Waals surface area contributed by atoms with E-state index in [-0.39, 0.29) is 0 Å². The fourth-order valence-electron chi connectivity index (χ4n) is 4.38. The molecule has 30 heavy (non-hydrogen) atoms. The van der Waals surface area contributed by atoms with E-state index in [2.05, 4.69) is 12.1 Å². The molecular formula is C25H24N2O2S. The molecule has 3 aromatic carbocycles. The minimum atomic E-state index is -3.56. The van der Waals surface area contributed by atoms with Crippen LogP contribution in [0.2, 0.25) is 0 Å². The van der Waals surface area contributed by atoms with Crippen LogP contribution in [0.15, 0.2) is 59.5 Å². The minimum absolute atomic E-state index is 0.378. The maximum absolute atomic E-state index is 13.4. The highest BCUT2D eigenvalue weighted by atomic mass is 32.2. The summed E-state index contributed by atoms with van der Waals surface area (Å²) in [7, 11) is -3.56. The van der Waals surface area contributed by atoms with Gasteiger partial charge >= 0.3 is 0 Å². The minimum Gasteiger partial charge on any atom is -0.207 e. The van der Waals surface area contributed by atoms with Gasteiger partial charge in [0.1, 0.15) is 0 Å². The highest BCUT2D eigenvalue weighted by Gasteiger charge is 2.30. The predicted molar refractivity (Wildman–Crippen MR) is 119 cm³/mol. The molecule has 0 spiro atoms. The van der Waals surface area contributed by atoms with E-state index in [1.54, 1.807) is 10.4 Å². The third kappa shape index (κ3) is 3.65. The fourth-order valence-corrected chi connectivity index (χ4v) is 6.21. The maximum Gasteiger partial charge on any atom is 0.243 e. The molecule has 0 fully saturated rings. The summed E-state index contributed by atoms with van der Waals surface area (Å²) in [6.07, 6.45) is 0.671. The fraction of sp³-hybridized carbons (Fsp3) is 0.240. The molecule has 0 saturated carbocycles. The van der Waals surface area contributed by atoms with E-state index >= 15 is 0 Å². The zero-order chi connectivity index (χ0) is 21.5. The molecule has 0 atom stereocenters. The van der Waals surface area contributed by atoms with Gasteiger partial charge in [-0.25, -0.2) is 8.42 Å². The Morgan fingerprint density at radius 2 is 1.60 bits per heavy atom. The van der Waals surface area contributed by atoms with E-state index < -0.39 is 10.0 Å². The Labute approximate surface area is 178 Å². The van der Waals surface area contributed by atoms with E-state index in [1.165, 1.54) is 5.56 Å². The van der Waals surface area contributed by atoms with Crippen LogP contribution >= 0.6 is 0 Å². The lowest BCUT2D eigenvalue weighted by Crippen LogP contribution is -2.36. The van der Waals surface area contributed by atoms with Crippen molar-refractivity contribution in [1.29, 1.82) is 5.26 Å². The highest BCUT2D eigenvalue weighted by molar-refractivity contribution is 7.89. The zero-order valence-electron chi connectivity index (χ0n) is 17.4. The average Bonchev–Trinajstić information content (AvgIpc) is 2.72. The lowest BCUT2D eigenvalue weighted by atomic mass is 9.95. The van der Waals surface area contributed by atoms with Gasteiger partial charge in [0.25, 0.3) is 0 Å². The molecule has 4 rings (SSSR count). The van der Waals surface area contributed by atoms with Crippen LogP contribution in [0.3, 0.4) is 0 Å². The van der Waals surface area contributed by atoms with Crippen LogP contribution in [-0.2, 0) is 23.0 Å². The van der Waals surface area contributed by atoms with Crippen molar-refractivity contribution < 1.29 is 8.42 Å². The van der Waals surface area contributed by atoms with Crippen molar-refractivity contribution in [2.75, 3.05) is 6.54 Å². The molecule has 0 aliphatic carbocycles. The first-order valence-electron chi connectivity index (χ1n) is 10.00. The molecule has 3 aromatic rings. The van der Waals surface area contributed by atoms with Crippen molar-refractivity contribution in [3.63, 3.8) is 0 Å². The van der Waals surface area contributed by atoms with Crippen molar-refractivity contribution in [3.8, 4) is 17.2 Å². The molecule has 0 aromatic heterocycles. The van der Waals surface area contributed by atoms with Gasteiger partial charge in [-0.2, -0.15) is 9.57 Å². The number of hydrogen-bond acceptors (Lipinski definition) is 3. The summed E-state index contributed by atoms with van der Waals surface area (Å²) in [6, 6.07) is 19.7. The first-order chi connectivity index (χ1) is 14.3. The highest BCUT2D eigenvalue weighted by Crippen LogP contribution is 2.31. The SMILES string of the molecule is Cc1cc(C)c(S(=O)(=O)N2CCc3cc(-c4cccc(C#N)c4)ccc3C2)c(C)c1. The van der Waals surface area contributed by atoms with E-state index in [1.807, 2.05) is 63.2 Å². The Morgan fingerprint density at radius 3 is 2.30 bits per heavy atom. The summed E-state index contributed by atoms with van der Waals surface area (Å²) in [5, 5.41) is 9.14. The standard InChI is InChI=1S/C25H24N2O2S/c1-17-11-18(2)25(19(3)12-17)30(28,29)27-10-9-23-14-22(7-8-24(23)16-27)21-6-4-5-20(13-21)15-26/h4-8,11-14H,9-10,16H2,1-3H3. The van der Waals surface area contributed by atoms with Crippen molar-refractivity contribution in [1.82, 2.24) is 4.31 Å². The Hall–Kier alpha value is -2.94. The second-order valence-corrected chi connectivity index (χ2v) is 9.87. The van der Waals surface area contributed by atoms with Crippen LogP contribution in [0.1, 0.15) is 33.4 Å². The molecule has 5 heteroatoms. The van der Waals surface area contributed by atoms with Crippen molar-refractivity contribution in [2.45, 2.75) is 38.6 Å². The molecule has 0 saturated heterocycles. The molecule has 0 amide bonds. The van der Waals surface area contributed by atoms with Crippen LogP contribution in [0.25, 0.3) is 11.1 Å². The smallest absolute Gasteiger partial charge is 0.207 e. The van der Waals surface area contributed by atoms with Crippen LogP contribution in [0, 0.1) is 32.1 Å². The summed E-state index contributed by atoms with van der Waals surface area (Å²) < 4.78 is 28.4. The number of nitrogens with zero attached hydrogens (tertiary/aromatic N) is 2. The number of nitriles is 1. The Bertz CT molecular complexity index is 1260. The molecule has 0 bridgehead atoms. The van der Waals surface area contributed by atoms with Gasteiger partial charge in [0.2, 0.25) is 10.0 Å². The monoisotopic (exact) mass is 416 g/mol. The summed E-state index contributed by atoms with van der Waals surface area (Å²) in [6.45, 7) is 6.56. The van der Waals surface area contributed by atoms with Gasteiger partial charge in [0.15, 0.2) is 0 Å². The number of rotatable bonds is 3. The number of fused-ring (bicyclic) bond motifs is 1. The number of hydrogen-bond donors (Lipinski definition) is 0. The average molecular weight is 417 g/mol. The van der Waals surface area contributed by atoms with Crippen molar-refractivity contribution in [3.05, 3.63) is 88.0 Å². The third-order valence-electron chi connectivity index (χ3n) is 5.71. The summed E-state index contributed by atoms with van der Waals surface area (Å²) in [5.74, 6) is 0. The van der Waals surface area contributed by atoms with Gasteiger partial charge < -0.3 is 0 Å². The van der Waals surface area contributed by atoms with Crippen LogP contribution in [0.4, 0.5) is 0 Å². The molecule has 1 heterocycles. The van der Waals surface area contributed by atoms with Gasteiger partial charge in [0.05, 0.1) is 16.5 Å². The summed E-state index contributed by atoms with van der Waals surface area (Å²) in [4.78, 5) is 0.432. The topological polar surface area (TPSA) is 61.2 Å². The predicted octanol–water partition coefficient (Wildman–Crippen LogP) is 4.90. The number of aryl methyl sites for hydroxylation is 3. The maximum atomic E-state index is 13.4. The van der Waals surface area contributed by atoms with Gasteiger partial charge in [-0.1, -0.05) is 48.0 Å². The molecule has 0 radical (unpaired) electrons. The van der Waals surface area contributed by atoms with Crippen LogP contribution < -0.4 is 0 Å². The van der Waals surface area contributed by atoms with Gasteiger partial charge in [-0.05, 0) is 72.7 Å². The Kier molecular flexibility index (Phi) is 5.23. The second kappa shape index (κ2) is 7.71. The molecule has 0 N–H and O–H groups in total. The second-order valence-electron chi connectivity index (χ2n) is 7.99. The van der Waals surface area contributed by atoms with E-state index in [0.717, 1.165) is 33.4 Å². The molecule has 152 valence electrons. The number of sulfonamides is 1. The first-order valence-corrected chi connectivity index (χ1v) is 11.4.